The Hall–Kier alpha value is -4.10. The van der Waals surface area contributed by atoms with E-state index in [1.54, 1.807) is 18.2 Å². The zero-order valence-electron chi connectivity index (χ0n) is 19.9. The number of halogens is 3. The molecule has 1 saturated heterocycles. The average molecular weight is 495 g/mol. The Morgan fingerprint density at radius 3 is 2.39 bits per heavy atom. The zero-order valence-corrected chi connectivity index (χ0v) is 19.9. The van der Waals surface area contributed by atoms with Gasteiger partial charge in [0.25, 0.3) is 5.91 Å². The number of nitrogen functional groups attached to an aromatic ring is 1. The van der Waals surface area contributed by atoms with Gasteiger partial charge in [-0.05, 0) is 49.9 Å². The fraction of sp³-hybridized carbons (Fsp3) is 0.269. The second kappa shape index (κ2) is 10.3. The second-order valence-corrected chi connectivity index (χ2v) is 8.58. The topological polar surface area (TPSA) is 87.4 Å². The lowest BCUT2D eigenvalue weighted by Crippen LogP contribution is -2.44. The van der Waals surface area contributed by atoms with Crippen LogP contribution in [0.4, 0.5) is 30.5 Å². The van der Waals surface area contributed by atoms with Crippen LogP contribution in [0.15, 0.2) is 48.8 Å². The third-order valence-electron chi connectivity index (χ3n) is 5.93. The van der Waals surface area contributed by atoms with Gasteiger partial charge in [-0.25, -0.2) is 9.97 Å². The van der Waals surface area contributed by atoms with Gasteiger partial charge in [-0.1, -0.05) is 17.9 Å². The van der Waals surface area contributed by atoms with E-state index >= 15 is 0 Å². The summed E-state index contributed by atoms with van der Waals surface area (Å²) in [6, 6.07) is 8.42. The lowest BCUT2D eigenvalue weighted by atomic mass is 10.0. The van der Waals surface area contributed by atoms with E-state index in [9.17, 15) is 18.0 Å². The molecule has 3 aromatic rings. The van der Waals surface area contributed by atoms with Crippen LogP contribution < -0.4 is 16.0 Å². The highest BCUT2D eigenvalue weighted by atomic mass is 19.4. The Bertz CT molecular complexity index is 1320. The minimum Gasteiger partial charge on any atom is -0.368 e. The molecule has 10 heteroatoms. The number of aromatic nitrogens is 2. The molecule has 2 aromatic carbocycles. The van der Waals surface area contributed by atoms with Crippen molar-refractivity contribution in [3.8, 4) is 11.8 Å². The van der Waals surface area contributed by atoms with E-state index in [2.05, 4.69) is 32.0 Å². The number of rotatable bonds is 3. The Kier molecular flexibility index (Phi) is 7.12. The van der Waals surface area contributed by atoms with Crippen LogP contribution in [0.25, 0.3) is 0 Å². The number of likely N-dealkylation sites (N-methyl/N-ethyl adjacent to an activating group) is 1. The Morgan fingerprint density at radius 1 is 1.03 bits per heavy atom. The fourth-order valence-electron chi connectivity index (χ4n) is 3.77. The molecule has 1 fully saturated rings. The Labute approximate surface area is 207 Å². The number of carbonyl (C=O) groups excluding carboxylic acids is 1. The summed E-state index contributed by atoms with van der Waals surface area (Å²) in [5.41, 5.74) is 7.61. The number of piperazine rings is 1. The van der Waals surface area contributed by atoms with Gasteiger partial charge >= 0.3 is 6.18 Å². The van der Waals surface area contributed by atoms with E-state index in [0.29, 0.717) is 29.9 Å². The molecule has 1 aliphatic heterocycles. The molecule has 0 aliphatic carbocycles. The van der Waals surface area contributed by atoms with E-state index in [0.717, 1.165) is 30.8 Å². The zero-order chi connectivity index (χ0) is 25.9. The second-order valence-electron chi connectivity index (χ2n) is 8.58. The van der Waals surface area contributed by atoms with Crippen molar-refractivity contribution < 1.29 is 18.0 Å². The number of anilines is 3. The van der Waals surface area contributed by atoms with Crippen LogP contribution in [-0.4, -0.2) is 54.0 Å². The first kappa shape index (κ1) is 25.0. The molecule has 186 valence electrons. The molecule has 4 rings (SSSR count). The van der Waals surface area contributed by atoms with Gasteiger partial charge in [-0.2, -0.15) is 13.2 Å². The number of nitrogens with two attached hydrogens (primary N) is 1. The molecule has 2 heterocycles. The van der Waals surface area contributed by atoms with Gasteiger partial charge in [0.15, 0.2) is 0 Å². The number of benzene rings is 2. The fourth-order valence-corrected chi connectivity index (χ4v) is 3.77. The lowest BCUT2D eigenvalue weighted by Gasteiger charge is -2.35. The van der Waals surface area contributed by atoms with Gasteiger partial charge in [-0.3, -0.25) is 4.79 Å². The van der Waals surface area contributed by atoms with Gasteiger partial charge in [0, 0.05) is 49.7 Å². The minimum absolute atomic E-state index is 0.117. The summed E-state index contributed by atoms with van der Waals surface area (Å²) in [5, 5.41) is 2.70. The number of nitrogens with zero attached hydrogens (tertiary/aromatic N) is 4. The minimum atomic E-state index is -4.53. The quantitative estimate of drug-likeness (QED) is 0.539. The number of nitrogens with one attached hydrogen (secondary N) is 1. The number of hydrogen-bond acceptors (Lipinski definition) is 6. The van der Waals surface area contributed by atoms with Crippen LogP contribution in [-0.2, 0) is 6.18 Å². The molecule has 1 aromatic heterocycles. The van der Waals surface area contributed by atoms with Gasteiger partial charge in [0.05, 0.1) is 22.5 Å². The molecule has 0 bridgehead atoms. The molecule has 0 radical (unpaired) electrons. The molecule has 36 heavy (non-hydrogen) atoms. The summed E-state index contributed by atoms with van der Waals surface area (Å²) in [6.45, 7) is 4.68. The van der Waals surface area contributed by atoms with Crippen LogP contribution in [0, 0.1) is 18.8 Å². The molecule has 0 saturated carbocycles. The summed E-state index contributed by atoms with van der Waals surface area (Å²) in [5.74, 6) is 5.53. The highest BCUT2D eigenvalue weighted by Crippen LogP contribution is 2.36. The van der Waals surface area contributed by atoms with E-state index in [-0.39, 0.29) is 17.2 Å². The van der Waals surface area contributed by atoms with Crippen molar-refractivity contribution in [3.63, 3.8) is 0 Å². The average Bonchev–Trinajstić information content (AvgIpc) is 2.84. The highest BCUT2D eigenvalue weighted by Gasteiger charge is 2.32. The van der Waals surface area contributed by atoms with Crippen LogP contribution in [0.1, 0.15) is 32.6 Å². The van der Waals surface area contributed by atoms with Gasteiger partial charge in [0.2, 0.25) is 5.95 Å². The largest absolute Gasteiger partial charge is 0.416 e. The van der Waals surface area contributed by atoms with E-state index < -0.39 is 17.6 Å². The molecule has 0 unspecified atom stereocenters. The van der Waals surface area contributed by atoms with Crippen molar-refractivity contribution in [1.82, 2.24) is 14.9 Å². The summed E-state index contributed by atoms with van der Waals surface area (Å²) >= 11 is 0. The standard InChI is InChI=1S/C26H25F3N6O/c1-17-3-5-20(13-19(17)6-4-18-15-31-25(30)32-16-18)24(36)33-22-14-21(26(27,28)29)7-8-23(22)35-11-9-34(2)10-12-35/h3,5,7-8,13-16H,9-12H2,1-2H3,(H,33,36)(H2,30,31,32). The number of hydrogen-bond donors (Lipinski definition) is 2. The maximum Gasteiger partial charge on any atom is 0.416 e. The Morgan fingerprint density at radius 2 is 1.72 bits per heavy atom. The van der Waals surface area contributed by atoms with Crippen molar-refractivity contribution in [3.05, 3.63) is 76.6 Å². The van der Waals surface area contributed by atoms with E-state index in [1.807, 2.05) is 18.9 Å². The van der Waals surface area contributed by atoms with Crippen LogP contribution >= 0.6 is 0 Å². The van der Waals surface area contributed by atoms with Gasteiger partial charge < -0.3 is 20.9 Å². The van der Waals surface area contributed by atoms with Crippen LogP contribution in [0.3, 0.4) is 0 Å². The lowest BCUT2D eigenvalue weighted by molar-refractivity contribution is -0.137. The van der Waals surface area contributed by atoms with E-state index in [4.69, 9.17) is 5.73 Å². The SMILES string of the molecule is Cc1ccc(C(=O)Nc2cc(C(F)(F)F)ccc2N2CCN(C)CC2)cc1C#Cc1cnc(N)nc1. The third kappa shape index (κ3) is 5.93. The predicted molar refractivity (Wildman–Crippen MR) is 133 cm³/mol. The monoisotopic (exact) mass is 494 g/mol. The normalized spacial score (nSPS) is 14.2. The van der Waals surface area contributed by atoms with E-state index in [1.165, 1.54) is 18.5 Å². The Balaban J connectivity index is 1.62. The maximum absolute atomic E-state index is 13.4. The van der Waals surface area contributed by atoms with Gasteiger partial charge in [0.1, 0.15) is 0 Å². The third-order valence-corrected chi connectivity index (χ3v) is 5.93. The number of alkyl halides is 3. The van der Waals surface area contributed by atoms with Gasteiger partial charge in [-0.15, -0.1) is 0 Å². The van der Waals surface area contributed by atoms with Crippen molar-refractivity contribution in [1.29, 1.82) is 0 Å². The predicted octanol–water partition coefficient (Wildman–Crippen LogP) is 3.79. The summed E-state index contributed by atoms with van der Waals surface area (Å²) in [4.78, 5) is 25.1. The molecule has 1 amide bonds. The number of amides is 1. The van der Waals surface area contributed by atoms with Crippen LogP contribution in [0.2, 0.25) is 0 Å². The molecule has 0 atom stereocenters. The first-order valence-corrected chi connectivity index (χ1v) is 11.3. The van der Waals surface area contributed by atoms with Crippen molar-refractivity contribution >= 4 is 23.2 Å². The molecule has 7 nitrogen and oxygen atoms in total. The number of carbonyl (C=O) groups is 1. The van der Waals surface area contributed by atoms with Crippen molar-refractivity contribution in [2.75, 3.05) is 49.2 Å². The van der Waals surface area contributed by atoms with Crippen LogP contribution in [0.5, 0.6) is 0 Å². The van der Waals surface area contributed by atoms with Crippen molar-refractivity contribution in [2.24, 2.45) is 0 Å². The molecule has 1 aliphatic rings. The molecular formula is C26H25F3N6O. The molecule has 0 spiro atoms. The summed E-state index contributed by atoms with van der Waals surface area (Å²) in [7, 11) is 1.99. The molecular weight excluding hydrogens is 469 g/mol. The summed E-state index contributed by atoms with van der Waals surface area (Å²) < 4.78 is 40.3. The summed E-state index contributed by atoms with van der Waals surface area (Å²) in [6.07, 6.45) is -1.54. The number of aryl methyl sites for hydroxylation is 1. The highest BCUT2D eigenvalue weighted by molar-refractivity contribution is 6.06. The first-order chi connectivity index (χ1) is 17.1. The maximum atomic E-state index is 13.4. The first-order valence-electron chi connectivity index (χ1n) is 11.3. The smallest absolute Gasteiger partial charge is 0.368 e. The molecule has 3 N–H and O–H groups in total. The van der Waals surface area contributed by atoms with Crippen molar-refractivity contribution in [2.45, 2.75) is 13.1 Å².